The minimum atomic E-state index is 0.865. The molecule has 0 N–H and O–H groups in total. The fraction of sp³-hybridized carbons (Fsp3) is 0.800. The molecule has 1 aliphatic heterocycles. The van der Waals surface area contributed by atoms with E-state index in [9.17, 15) is 0 Å². The van der Waals surface area contributed by atoms with E-state index in [0.29, 0.717) is 0 Å². The first-order valence-corrected chi connectivity index (χ1v) is 4.85. The van der Waals surface area contributed by atoms with Gasteiger partial charge in [0.05, 0.1) is 0 Å². The molecule has 2 nitrogen and oxygen atoms in total. The van der Waals surface area contributed by atoms with Crippen molar-refractivity contribution in [1.82, 2.24) is 0 Å². The van der Waals surface area contributed by atoms with Crippen molar-refractivity contribution < 1.29 is 9.15 Å². The Bertz CT molecular complexity index is 204. The fourth-order valence-corrected chi connectivity index (χ4v) is 1.32. The van der Waals surface area contributed by atoms with Crippen LogP contribution < -0.4 is 0 Å². The summed E-state index contributed by atoms with van der Waals surface area (Å²) in [6.07, 6.45) is 6.93. The summed E-state index contributed by atoms with van der Waals surface area (Å²) in [5, 5.41) is 0. The van der Waals surface area contributed by atoms with Crippen LogP contribution >= 0.6 is 0 Å². The lowest BCUT2D eigenvalue weighted by Gasteiger charge is -2.04. The van der Waals surface area contributed by atoms with E-state index in [1.54, 1.807) is 0 Å². The molecule has 1 aliphatic rings. The Kier molecular flexibility index (Phi) is 3.45. The predicted octanol–water partition coefficient (Wildman–Crippen LogP) is 1.19. The SMILES string of the molecule is CCC(C)CC[N+]1=CC=[N+](C)C1. The van der Waals surface area contributed by atoms with Gasteiger partial charge in [0, 0.05) is 6.42 Å². The van der Waals surface area contributed by atoms with Crippen molar-refractivity contribution in [3.63, 3.8) is 0 Å². The highest BCUT2D eigenvalue weighted by atomic mass is 15.2. The van der Waals surface area contributed by atoms with Crippen molar-refractivity contribution in [3.8, 4) is 0 Å². The monoisotopic (exact) mass is 168 g/mol. The summed E-state index contributed by atoms with van der Waals surface area (Å²) in [5.74, 6) is 0.865. The zero-order valence-corrected chi connectivity index (χ0v) is 8.45. The standard InChI is InChI=1S/C10H20N2/c1-4-10(2)5-6-12-8-7-11(3)9-12/h7-8,10H,4-6,9H2,1-3H3/q+2. The highest BCUT2D eigenvalue weighted by Gasteiger charge is 2.16. The van der Waals surface area contributed by atoms with Crippen molar-refractivity contribution in [2.75, 3.05) is 20.3 Å². The van der Waals surface area contributed by atoms with E-state index in [1.165, 1.54) is 19.4 Å². The maximum atomic E-state index is 2.37. The van der Waals surface area contributed by atoms with Crippen LogP contribution in [0.1, 0.15) is 26.7 Å². The van der Waals surface area contributed by atoms with Crippen LogP contribution in [0.15, 0.2) is 0 Å². The van der Waals surface area contributed by atoms with Gasteiger partial charge >= 0.3 is 6.67 Å². The first-order chi connectivity index (χ1) is 5.72. The molecule has 1 unspecified atom stereocenters. The highest BCUT2D eigenvalue weighted by molar-refractivity contribution is 6.11. The molecule has 2 heteroatoms. The number of hydrogen-bond acceptors (Lipinski definition) is 0. The molecule has 68 valence electrons. The summed E-state index contributed by atoms with van der Waals surface area (Å²) >= 11 is 0. The normalized spacial score (nSPS) is 18.9. The molecule has 0 aromatic heterocycles. The number of hydrogen-bond donors (Lipinski definition) is 0. The molecule has 0 spiro atoms. The first kappa shape index (κ1) is 9.43. The lowest BCUT2D eigenvalue weighted by molar-refractivity contribution is -0.699. The quantitative estimate of drug-likeness (QED) is 0.556. The van der Waals surface area contributed by atoms with Gasteiger partial charge in [0.1, 0.15) is 13.6 Å². The topological polar surface area (TPSA) is 6.02 Å². The maximum Gasteiger partial charge on any atom is 0.334 e. The highest BCUT2D eigenvalue weighted by Crippen LogP contribution is 2.05. The van der Waals surface area contributed by atoms with E-state index in [1.807, 2.05) is 0 Å². The third-order valence-corrected chi connectivity index (χ3v) is 2.54. The van der Waals surface area contributed by atoms with E-state index in [0.717, 1.165) is 12.6 Å². The lowest BCUT2D eigenvalue weighted by atomic mass is 10.1. The van der Waals surface area contributed by atoms with E-state index in [4.69, 9.17) is 0 Å². The van der Waals surface area contributed by atoms with Crippen molar-refractivity contribution in [2.45, 2.75) is 26.7 Å². The molecule has 1 rings (SSSR count). The molecule has 12 heavy (non-hydrogen) atoms. The van der Waals surface area contributed by atoms with Crippen molar-refractivity contribution >= 4 is 12.4 Å². The summed E-state index contributed by atoms with van der Waals surface area (Å²) < 4.78 is 4.57. The Morgan fingerprint density at radius 2 is 2.17 bits per heavy atom. The smallest absolute Gasteiger partial charge is 0.176 e. The van der Waals surface area contributed by atoms with Crippen LogP contribution in [0.3, 0.4) is 0 Å². The predicted molar refractivity (Wildman–Crippen MR) is 52.4 cm³/mol. The number of nitrogens with zero attached hydrogens (tertiary/aromatic N) is 2. The molecular formula is C10H20N2+2. The van der Waals surface area contributed by atoms with Crippen molar-refractivity contribution in [2.24, 2.45) is 5.92 Å². The zero-order valence-electron chi connectivity index (χ0n) is 8.45. The molecule has 0 fully saturated rings. The van der Waals surface area contributed by atoms with Gasteiger partial charge in [0.2, 0.25) is 12.4 Å². The number of rotatable bonds is 4. The Labute approximate surface area is 75.2 Å². The van der Waals surface area contributed by atoms with Gasteiger partial charge in [-0.2, -0.15) is 9.15 Å². The largest absolute Gasteiger partial charge is 0.334 e. The van der Waals surface area contributed by atoms with Crippen LogP contribution in [-0.4, -0.2) is 41.8 Å². The summed E-state index contributed by atoms with van der Waals surface area (Å²) in [6, 6.07) is 0. The molecule has 0 saturated heterocycles. The molecular weight excluding hydrogens is 148 g/mol. The van der Waals surface area contributed by atoms with E-state index >= 15 is 0 Å². The van der Waals surface area contributed by atoms with Crippen molar-refractivity contribution in [3.05, 3.63) is 0 Å². The zero-order chi connectivity index (χ0) is 8.97. The molecule has 1 atom stereocenters. The second-order valence-corrected chi connectivity index (χ2v) is 3.81. The van der Waals surface area contributed by atoms with Gasteiger partial charge in [0.15, 0.2) is 0 Å². The minimum Gasteiger partial charge on any atom is -0.176 e. The van der Waals surface area contributed by atoms with E-state index < -0.39 is 0 Å². The van der Waals surface area contributed by atoms with Crippen LogP contribution in [0.5, 0.6) is 0 Å². The summed E-state index contributed by atoms with van der Waals surface area (Å²) in [6.45, 7) is 6.85. The van der Waals surface area contributed by atoms with Crippen LogP contribution in [-0.2, 0) is 0 Å². The molecule has 0 saturated carbocycles. The van der Waals surface area contributed by atoms with Crippen LogP contribution in [0, 0.1) is 5.92 Å². The third kappa shape index (κ3) is 2.76. The molecule has 0 aromatic carbocycles. The van der Waals surface area contributed by atoms with E-state index in [-0.39, 0.29) is 0 Å². The van der Waals surface area contributed by atoms with Crippen LogP contribution in [0.25, 0.3) is 0 Å². The molecule has 0 amide bonds. The minimum absolute atomic E-state index is 0.865. The van der Waals surface area contributed by atoms with Crippen LogP contribution in [0.4, 0.5) is 0 Å². The molecule has 0 bridgehead atoms. The van der Waals surface area contributed by atoms with Gasteiger partial charge in [-0.1, -0.05) is 20.3 Å². The average molecular weight is 168 g/mol. The summed E-state index contributed by atoms with van der Waals surface area (Å²) in [5.41, 5.74) is 0. The molecule has 0 aromatic rings. The average Bonchev–Trinajstić information content (AvgIpc) is 2.47. The Morgan fingerprint density at radius 1 is 1.42 bits per heavy atom. The second kappa shape index (κ2) is 4.39. The fourth-order valence-electron chi connectivity index (χ4n) is 1.32. The third-order valence-electron chi connectivity index (χ3n) is 2.54. The van der Waals surface area contributed by atoms with E-state index in [2.05, 4.69) is 42.5 Å². The molecule has 0 aliphatic carbocycles. The molecule has 0 radical (unpaired) electrons. The Hall–Kier alpha value is -0.660. The van der Waals surface area contributed by atoms with Gasteiger partial charge in [-0.15, -0.1) is 0 Å². The molecule has 1 heterocycles. The lowest BCUT2D eigenvalue weighted by Crippen LogP contribution is -2.18. The first-order valence-electron chi connectivity index (χ1n) is 4.85. The van der Waals surface area contributed by atoms with Gasteiger partial charge in [-0.3, -0.25) is 0 Å². The van der Waals surface area contributed by atoms with Crippen LogP contribution in [0.2, 0.25) is 0 Å². The van der Waals surface area contributed by atoms with Gasteiger partial charge in [-0.25, -0.2) is 0 Å². The summed E-state index contributed by atoms with van der Waals surface area (Å²) in [7, 11) is 2.11. The van der Waals surface area contributed by atoms with Gasteiger partial charge in [0.25, 0.3) is 0 Å². The summed E-state index contributed by atoms with van der Waals surface area (Å²) in [4.78, 5) is 0. The Morgan fingerprint density at radius 3 is 2.67 bits per heavy atom. The Balaban J connectivity index is 2.18. The van der Waals surface area contributed by atoms with Crippen molar-refractivity contribution in [1.29, 1.82) is 0 Å². The second-order valence-electron chi connectivity index (χ2n) is 3.81. The maximum absolute atomic E-state index is 2.37. The van der Waals surface area contributed by atoms with Gasteiger partial charge < -0.3 is 0 Å². The van der Waals surface area contributed by atoms with Gasteiger partial charge in [-0.05, 0) is 5.92 Å².